The monoisotopic (exact) mass is 457 g/mol. The van der Waals surface area contributed by atoms with Gasteiger partial charge in [-0.15, -0.1) is 0 Å². The molecule has 178 valence electrons. The Labute approximate surface area is 192 Å². The third-order valence-electron chi connectivity index (χ3n) is 5.93. The molecule has 1 aliphatic carbocycles. The van der Waals surface area contributed by atoms with Crippen molar-refractivity contribution in [1.29, 1.82) is 0 Å². The summed E-state index contributed by atoms with van der Waals surface area (Å²) in [6, 6.07) is 6.74. The second kappa shape index (κ2) is 8.61. The number of methoxy groups -OCH3 is 1. The quantitative estimate of drug-likeness (QED) is 0.640. The van der Waals surface area contributed by atoms with Crippen LogP contribution in [0.5, 0.6) is 5.75 Å². The van der Waals surface area contributed by atoms with E-state index in [0.29, 0.717) is 29.6 Å². The zero-order chi connectivity index (χ0) is 23.9. The third kappa shape index (κ3) is 4.49. The Kier molecular flexibility index (Phi) is 5.99. The van der Waals surface area contributed by atoms with Crippen LogP contribution in [0.4, 0.5) is 4.79 Å². The zero-order valence-corrected chi connectivity index (χ0v) is 19.8. The summed E-state index contributed by atoms with van der Waals surface area (Å²) >= 11 is 0. The molecule has 1 saturated carbocycles. The number of carbonyl (C=O) groups excluding carboxylic acids is 2. The first-order valence-corrected chi connectivity index (χ1v) is 11.3. The molecule has 1 amide bonds. The Bertz CT molecular complexity index is 1100. The molecule has 0 spiro atoms. The van der Waals surface area contributed by atoms with Gasteiger partial charge in [-0.1, -0.05) is 0 Å². The summed E-state index contributed by atoms with van der Waals surface area (Å²) < 4.78 is 19.2. The van der Waals surface area contributed by atoms with Crippen LogP contribution in [-0.4, -0.2) is 51.5 Å². The topological polar surface area (TPSA) is 92.0 Å². The lowest BCUT2D eigenvalue weighted by Gasteiger charge is -2.37. The SMILES string of the molecule is CCOC(=O)c1c2n(c(=O)n1-c1ccc(OC)cc1)CC(C1CC1)N(C(=O)OC(C)(C)C)C2. The highest BCUT2D eigenvalue weighted by Crippen LogP contribution is 2.39. The fourth-order valence-electron chi connectivity index (χ4n) is 4.29. The molecule has 1 aromatic carbocycles. The van der Waals surface area contributed by atoms with Gasteiger partial charge in [-0.3, -0.25) is 14.0 Å². The van der Waals surface area contributed by atoms with Gasteiger partial charge in [-0.2, -0.15) is 0 Å². The maximum absolute atomic E-state index is 13.5. The molecule has 4 rings (SSSR count). The van der Waals surface area contributed by atoms with Gasteiger partial charge in [0.1, 0.15) is 11.4 Å². The normalized spacial score (nSPS) is 18.0. The van der Waals surface area contributed by atoms with Crippen molar-refractivity contribution in [2.75, 3.05) is 13.7 Å². The van der Waals surface area contributed by atoms with Crippen LogP contribution in [0.3, 0.4) is 0 Å². The van der Waals surface area contributed by atoms with Crippen LogP contribution in [0, 0.1) is 5.92 Å². The molecule has 0 bridgehead atoms. The molecule has 0 radical (unpaired) electrons. The van der Waals surface area contributed by atoms with Crippen molar-refractivity contribution in [2.24, 2.45) is 5.92 Å². The molecule has 0 saturated heterocycles. The van der Waals surface area contributed by atoms with E-state index in [4.69, 9.17) is 14.2 Å². The molecule has 9 nitrogen and oxygen atoms in total. The van der Waals surface area contributed by atoms with Crippen LogP contribution in [0.1, 0.15) is 56.7 Å². The summed E-state index contributed by atoms with van der Waals surface area (Å²) in [5.41, 5.74) is 0.137. The average molecular weight is 458 g/mol. The Hall–Kier alpha value is -3.23. The largest absolute Gasteiger partial charge is 0.497 e. The highest BCUT2D eigenvalue weighted by atomic mass is 16.6. The van der Waals surface area contributed by atoms with E-state index >= 15 is 0 Å². The van der Waals surface area contributed by atoms with E-state index in [-0.39, 0.29) is 30.6 Å². The lowest BCUT2D eigenvalue weighted by atomic mass is 10.1. The first-order valence-electron chi connectivity index (χ1n) is 11.3. The molecule has 1 aliphatic heterocycles. The minimum atomic E-state index is -0.651. The Morgan fingerprint density at radius 2 is 1.79 bits per heavy atom. The second-order valence-corrected chi connectivity index (χ2v) is 9.46. The summed E-state index contributed by atoms with van der Waals surface area (Å²) in [7, 11) is 1.56. The number of hydrogen-bond donors (Lipinski definition) is 0. The maximum Gasteiger partial charge on any atom is 0.410 e. The van der Waals surface area contributed by atoms with Gasteiger partial charge in [0.2, 0.25) is 0 Å². The summed E-state index contributed by atoms with van der Waals surface area (Å²) in [6.07, 6.45) is 1.56. The summed E-state index contributed by atoms with van der Waals surface area (Å²) in [4.78, 5) is 41.3. The molecule has 1 atom stereocenters. The summed E-state index contributed by atoms with van der Waals surface area (Å²) in [5, 5.41) is 0. The van der Waals surface area contributed by atoms with Crippen LogP contribution in [0.2, 0.25) is 0 Å². The number of benzene rings is 1. The first-order chi connectivity index (χ1) is 15.6. The zero-order valence-electron chi connectivity index (χ0n) is 19.8. The van der Waals surface area contributed by atoms with Crippen molar-refractivity contribution < 1.29 is 23.8 Å². The van der Waals surface area contributed by atoms with Crippen LogP contribution >= 0.6 is 0 Å². The molecule has 1 unspecified atom stereocenters. The van der Waals surface area contributed by atoms with E-state index < -0.39 is 17.7 Å². The highest BCUT2D eigenvalue weighted by molar-refractivity contribution is 5.90. The molecule has 2 aromatic rings. The van der Waals surface area contributed by atoms with Gasteiger partial charge in [0.15, 0.2) is 5.69 Å². The smallest absolute Gasteiger partial charge is 0.410 e. The number of ether oxygens (including phenoxy) is 3. The van der Waals surface area contributed by atoms with Crippen LogP contribution in [-0.2, 0) is 22.6 Å². The molecule has 9 heteroatoms. The van der Waals surface area contributed by atoms with Crippen LogP contribution in [0.25, 0.3) is 5.69 Å². The van der Waals surface area contributed by atoms with Crippen molar-refractivity contribution in [3.63, 3.8) is 0 Å². The lowest BCUT2D eigenvalue weighted by Crippen LogP contribution is -2.50. The molecule has 1 aromatic heterocycles. The lowest BCUT2D eigenvalue weighted by molar-refractivity contribution is 0.00397. The van der Waals surface area contributed by atoms with Gasteiger partial charge < -0.3 is 14.2 Å². The van der Waals surface area contributed by atoms with Gasteiger partial charge in [-0.25, -0.2) is 14.4 Å². The Morgan fingerprint density at radius 3 is 2.33 bits per heavy atom. The standard InChI is InChI=1S/C24H31N3O6/c1-6-32-21(28)20-19-14-26(23(30)33-24(2,3)4)18(15-7-8-15)13-25(19)22(29)27(20)16-9-11-17(31-5)12-10-16/h9-12,15,18H,6-8,13-14H2,1-5H3. The van der Waals surface area contributed by atoms with Gasteiger partial charge in [0.25, 0.3) is 0 Å². The number of carbonyl (C=O) groups is 2. The molecule has 2 aliphatic rings. The van der Waals surface area contributed by atoms with E-state index in [2.05, 4.69) is 0 Å². The summed E-state index contributed by atoms with van der Waals surface area (Å²) in [6.45, 7) is 7.76. The van der Waals surface area contributed by atoms with E-state index in [1.807, 2.05) is 20.8 Å². The minimum Gasteiger partial charge on any atom is -0.497 e. The first kappa shape index (κ1) is 22.9. The number of hydrogen-bond acceptors (Lipinski definition) is 6. The van der Waals surface area contributed by atoms with E-state index in [0.717, 1.165) is 12.8 Å². The molecular formula is C24H31N3O6. The van der Waals surface area contributed by atoms with E-state index in [1.165, 1.54) is 4.57 Å². The van der Waals surface area contributed by atoms with Crippen molar-refractivity contribution in [1.82, 2.24) is 14.0 Å². The number of nitrogens with zero attached hydrogens (tertiary/aromatic N) is 3. The number of imidazole rings is 1. The fourth-order valence-corrected chi connectivity index (χ4v) is 4.29. The van der Waals surface area contributed by atoms with Gasteiger partial charge in [0.05, 0.1) is 37.7 Å². The Balaban J connectivity index is 1.83. The predicted octanol–water partition coefficient (Wildman–Crippen LogP) is 3.35. The van der Waals surface area contributed by atoms with E-state index in [1.54, 1.807) is 47.8 Å². The van der Waals surface area contributed by atoms with Crippen LogP contribution < -0.4 is 10.4 Å². The molecule has 1 fully saturated rings. The van der Waals surface area contributed by atoms with Crippen molar-refractivity contribution in [3.8, 4) is 11.4 Å². The van der Waals surface area contributed by atoms with Crippen molar-refractivity contribution in [3.05, 3.63) is 46.1 Å². The Morgan fingerprint density at radius 1 is 1.12 bits per heavy atom. The third-order valence-corrected chi connectivity index (χ3v) is 5.93. The molecular weight excluding hydrogens is 426 g/mol. The number of rotatable bonds is 5. The fraction of sp³-hybridized carbons (Fsp3) is 0.542. The maximum atomic E-state index is 13.5. The predicted molar refractivity (Wildman–Crippen MR) is 121 cm³/mol. The van der Waals surface area contributed by atoms with Crippen molar-refractivity contribution in [2.45, 2.75) is 65.3 Å². The molecule has 0 N–H and O–H groups in total. The van der Waals surface area contributed by atoms with Gasteiger partial charge in [-0.05, 0) is 70.7 Å². The number of aromatic nitrogens is 2. The second-order valence-electron chi connectivity index (χ2n) is 9.46. The number of amides is 1. The number of esters is 1. The van der Waals surface area contributed by atoms with Gasteiger partial charge >= 0.3 is 17.8 Å². The molecule has 33 heavy (non-hydrogen) atoms. The highest BCUT2D eigenvalue weighted by Gasteiger charge is 2.44. The summed E-state index contributed by atoms with van der Waals surface area (Å²) in [5.74, 6) is 0.347. The van der Waals surface area contributed by atoms with E-state index in [9.17, 15) is 14.4 Å². The number of fused-ring (bicyclic) bond motifs is 1. The minimum absolute atomic E-state index is 0.0998. The molecule has 2 heterocycles. The van der Waals surface area contributed by atoms with Crippen LogP contribution in [0.15, 0.2) is 29.1 Å². The van der Waals surface area contributed by atoms with Crippen molar-refractivity contribution >= 4 is 12.1 Å². The van der Waals surface area contributed by atoms with Gasteiger partial charge in [0, 0.05) is 6.54 Å². The average Bonchev–Trinajstić information content (AvgIpc) is 3.56.